The molecule has 128 valence electrons. The number of aryl methyl sites for hydroxylation is 1. The van der Waals surface area contributed by atoms with E-state index in [1.54, 1.807) is 6.07 Å². The van der Waals surface area contributed by atoms with Crippen molar-refractivity contribution in [3.8, 4) is 11.3 Å². The normalized spacial score (nSPS) is 10.8. The summed E-state index contributed by atoms with van der Waals surface area (Å²) >= 11 is 2.26. The number of carbonyl (C=O) groups excluding carboxylic acids is 1. The van der Waals surface area contributed by atoms with Crippen molar-refractivity contribution in [2.24, 2.45) is 0 Å². The molecule has 4 nitrogen and oxygen atoms in total. The third-order valence-electron chi connectivity index (χ3n) is 4.23. The molecular formula is C21H16IN3O. The van der Waals surface area contributed by atoms with Gasteiger partial charge in [-0.15, -0.1) is 0 Å². The van der Waals surface area contributed by atoms with Crippen LogP contribution in [-0.4, -0.2) is 15.3 Å². The number of hydrogen-bond donors (Lipinski definition) is 1. The van der Waals surface area contributed by atoms with E-state index in [4.69, 9.17) is 0 Å². The number of carbonyl (C=O) groups is 1. The Kier molecular flexibility index (Phi) is 4.46. The molecule has 0 radical (unpaired) electrons. The second-order valence-electron chi connectivity index (χ2n) is 6.09. The Bertz CT molecular complexity index is 1100. The van der Waals surface area contributed by atoms with Gasteiger partial charge in [0.05, 0.1) is 5.69 Å². The SMILES string of the molecule is Cc1cc(I)ccc1NC(=O)c1ccn2cc(-c3ccccc3)nc2c1. The Morgan fingerprint density at radius 2 is 1.88 bits per heavy atom. The van der Waals surface area contributed by atoms with E-state index in [0.29, 0.717) is 5.56 Å². The fourth-order valence-electron chi connectivity index (χ4n) is 2.83. The van der Waals surface area contributed by atoms with Gasteiger partial charge in [-0.3, -0.25) is 4.79 Å². The highest BCUT2D eigenvalue weighted by atomic mass is 127. The van der Waals surface area contributed by atoms with Crippen LogP contribution in [0.25, 0.3) is 16.9 Å². The van der Waals surface area contributed by atoms with Gasteiger partial charge in [0.15, 0.2) is 0 Å². The summed E-state index contributed by atoms with van der Waals surface area (Å²) in [6.07, 6.45) is 3.83. The van der Waals surface area contributed by atoms with E-state index < -0.39 is 0 Å². The first-order chi connectivity index (χ1) is 12.6. The molecule has 5 heteroatoms. The minimum Gasteiger partial charge on any atom is -0.322 e. The molecule has 4 rings (SSSR count). The van der Waals surface area contributed by atoms with E-state index >= 15 is 0 Å². The maximum Gasteiger partial charge on any atom is 0.255 e. The fourth-order valence-corrected chi connectivity index (χ4v) is 3.48. The minimum atomic E-state index is -0.138. The second-order valence-corrected chi connectivity index (χ2v) is 7.33. The molecule has 26 heavy (non-hydrogen) atoms. The third-order valence-corrected chi connectivity index (χ3v) is 4.90. The van der Waals surface area contributed by atoms with Crippen LogP contribution in [0.4, 0.5) is 5.69 Å². The fraction of sp³-hybridized carbons (Fsp3) is 0.0476. The number of imidazole rings is 1. The van der Waals surface area contributed by atoms with Crippen LogP contribution in [-0.2, 0) is 0 Å². The summed E-state index contributed by atoms with van der Waals surface area (Å²) in [4.78, 5) is 17.3. The first-order valence-electron chi connectivity index (χ1n) is 8.22. The molecule has 0 unspecified atom stereocenters. The molecule has 0 atom stereocenters. The summed E-state index contributed by atoms with van der Waals surface area (Å²) < 4.78 is 3.07. The largest absolute Gasteiger partial charge is 0.322 e. The zero-order valence-corrected chi connectivity index (χ0v) is 16.3. The van der Waals surface area contributed by atoms with Crippen molar-refractivity contribution in [1.82, 2.24) is 9.38 Å². The highest BCUT2D eigenvalue weighted by Crippen LogP contribution is 2.21. The number of nitrogens with zero attached hydrogens (tertiary/aromatic N) is 2. The van der Waals surface area contributed by atoms with Crippen LogP contribution in [0, 0.1) is 10.5 Å². The van der Waals surface area contributed by atoms with Gasteiger partial charge in [-0.2, -0.15) is 0 Å². The molecule has 0 aliphatic carbocycles. The van der Waals surface area contributed by atoms with E-state index in [-0.39, 0.29) is 5.91 Å². The molecule has 1 N–H and O–H groups in total. The van der Waals surface area contributed by atoms with Gasteiger partial charge in [0, 0.05) is 32.8 Å². The molecule has 0 aliphatic heterocycles. The molecule has 2 aromatic carbocycles. The lowest BCUT2D eigenvalue weighted by atomic mass is 10.2. The van der Waals surface area contributed by atoms with Crippen molar-refractivity contribution in [2.75, 3.05) is 5.32 Å². The minimum absolute atomic E-state index is 0.138. The van der Waals surface area contributed by atoms with E-state index in [1.807, 2.05) is 78.3 Å². The van der Waals surface area contributed by atoms with Crippen LogP contribution in [0.2, 0.25) is 0 Å². The summed E-state index contributed by atoms with van der Waals surface area (Å²) in [6, 6.07) is 19.6. The first kappa shape index (κ1) is 16.8. The Labute approximate surface area is 165 Å². The van der Waals surface area contributed by atoms with Gasteiger partial charge in [-0.25, -0.2) is 4.98 Å². The second kappa shape index (κ2) is 6.92. The highest BCUT2D eigenvalue weighted by molar-refractivity contribution is 14.1. The monoisotopic (exact) mass is 453 g/mol. The van der Waals surface area contributed by atoms with Crippen LogP contribution in [0.3, 0.4) is 0 Å². The lowest BCUT2D eigenvalue weighted by Crippen LogP contribution is -2.13. The Hall–Kier alpha value is -2.67. The van der Waals surface area contributed by atoms with Gasteiger partial charge in [0.1, 0.15) is 5.65 Å². The molecule has 0 aliphatic rings. The van der Waals surface area contributed by atoms with Crippen LogP contribution < -0.4 is 5.32 Å². The molecule has 2 heterocycles. The molecule has 0 spiro atoms. The number of benzene rings is 2. The van der Waals surface area contributed by atoms with Crippen molar-refractivity contribution in [3.05, 3.63) is 87.8 Å². The van der Waals surface area contributed by atoms with E-state index in [9.17, 15) is 4.79 Å². The molecule has 0 saturated carbocycles. The summed E-state index contributed by atoms with van der Waals surface area (Å²) in [5.41, 5.74) is 5.13. The zero-order chi connectivity index (χ0) is 18.1. The lowest BCUT2D eigenvalue weighted by Gasteiger charge is -2.09. The average Bonchev–Trinajstić information content (AvgIpc) is 3.08. The Balaban J connectivity index is 1.63. The number of rotatable bonds is 3. The number of fused-ring (bicyclic) bond motifs is 1. The van der Waals surface area contributed by atoms with E-state index in [2.05, 4.69) is 32.9 Å². The number of halogens is 1. The maximum atomic E-state index is 12.6. The van der Waals surface area contributed by atoms with Crippen LogP contribution in [0.5, 0.6) is 0 Å². The van der Waals surface area contributed by atoms with Crippen molar-refractivity contribution >= 4 is 39.8 Å². The van der Waals surface area contributed by atoms with Gasteiger partial charge in [-0.1, -0.05) is 30.3 Å². The van der Waals surface area contributed by atoms with Crippen LogP contribution in [0.15, 0.2) is 73.1 Å². The molecule has 0 bridgehead atoms. The van der Waals surface area contributed by atoms with Crippen LogP contribution in [0.1, 0.15) is 15.9 Å². The summed E-state index contributed by atoms with van der Waals surface area (Å²) in [7, 11) is 0. The van der Waals surface area contributed by atoms with Crippen molar-refractivity contribution < 1.29 is 4.79 Å². The average molecular weight is 453 g/mol. The number of amides is 1. The number of hydrogen-bond acceptors (Lipinski definition) is 2. The quantitative estimate of drug-likeness (QED) is 0.436. The Morgan fingerprint density at radius 1 is 1.08 bits per heavy atom. The molecule has 2 aromatic heterocycles. The van der Waals surface area contributed by atoms with Crippen molar-refractivity contribution in [1.29, 1.82) is 0 Å². The topological polar surface area (TPSA) is 46.4 Å². The van der Waals surface area contributed by atoms with Gasteiger partial charge in [0.2, 0.25) is 0 Å². The molecular weight excluding hydrogens is 437 g/mol. The zero-order valence-electron chi connectivity index (χ0n) is 14.1. The van der Waals surface area contributed by atoms with Crippen LogP contribution >= 0.6 is 22.6 Å². The number of nitrogens with one attached hydrogen (secondary N) is 1. The van der Waals surface area contributed by atoms with Crippen molar-refractivity contribution in [3.63, 3.8) is 0 Å². The number of aromatic nitrogens is 2. The number of pyridine rings is 1. The molecule has 1 amide bonds. The summed E-state index contributed by atoms with van der Waals surface area (Å²) in [5.74, 6) is -0.138. The first-order valence-corrected chi connectivity index (χ1v) is 9.30. The predicted octanol–water partition coefficient (Wildman–Crippen LogP) is 5.17. The summed E-state index contributed by atoms with van der Waals surface area (Å²) in [5, 5.41) is 2.98. The molecule has 4 aromatic rings. The van der Waals surface area contributed by atoms with Gasteiger partial charge in [-0.05, 0) is 65.4 Å². The predicted molar refractivity (Wildman–Crippen MR) is 112 cm³/mol. The number of anilines is 1. The molecule has 0 saturated heterocycles. The Morgan fingerprint density at radius 3 is 2.65 bits per heavy atom. The van der Waals surface area contributed by atoms with Gasteiger partial charge in [0.25, 0.3) is 5.91 Å². The van der Waals surface area contributed by atoms with E-state index in [1.165, 1.54) is 0 Å². The highest BCUT2D eigenvalue weighted by Gasteiger charge is 2.11. The van der Waals surface area contributed by atoms with Gasteiger partial charge >= 0.3 is 0 Å². The lowest BCUT2D eigenvalue weighted by molar-refractivity contribution is 0.102. The third kappa shape index (κ3) is 3.35. The maximum absolute atomic E-state index is 12.6. The van der Waals surface area contributed by atoms with E-state index in [0.717, 1.165) is 31.7 Å². The summed E-state index contributed by atoms with van der Waals surface area (Å²) in [6.45, 7) is 1.99. The smallest absolute Gasteiger partial charge is 0.255 e. The molecule has 0 fully saturated rings. The van der Waals surface area contributed by atoms with Crippen molar-refractivity contribution in [2.45, 2.75) is 6.92 Å². The van der Waals surface area contributed by atoms with Gasteiger partial charge < -0.3 is 9.72 Å². The standard InChI is InChI=1S/C21H16IN3O/c1-14-11-17(22)7-8-18(14)24-21(26)16-9-10-25-13-19(23-20(25)12-16)15-5-3-2-4-6-15/h2-13H,1H3,(H,24,26).